The third-order valence-corrected chi connectivity index (χ3v) is 4.57. The smallest absolute Gasteiger partial charge is 0.147 e. The molecule has 1 nitrogen and oxygen atoms in total. The zero-order chi connectivity index (χ0) is 14.8. The lowest BCUT2D eigenvalue weighted by Crippen LogP contribution is -2.12. The standard InChI is InChI=1S/C17H16BrF2N/c18-13-9-15(20)17(10-14(13)19)21-16-8-4-2-6-11-5-1-3-7-12(11)16/h1,3,5,7,9-10,16,21H,2,4,6,8H2. The highest BCUT2D eigenvalue weighted by Crippen LogP contribution is 2.33. The zero-order valence-electron chi connectivity index (χ0n) is 11.5. The summed E-state index contributed by atoms with van der Waals surface area (Å²) in [5.41, 5.74) is 2.71. The molecule has 0 amide bonds. The maximum Gasteiger partial charge on any atom is 0.147 e. The Kier molecular flexibility index (Phi) is 4.24. The van der Waals surface area contributed by atoms with Crippen LogP contribution in [-0.2, 0) is 6.42 Å². The van der Waals surface area contributed by atoms with Crippen LogP contribution in [0.25, 0.3) is 0 Å². The van der Waals surface area contributed by atoms with Gasteiger partial charge in [-0.1, -0.05) is 30.7 Å². The van der Waals surface area contributed by atoms with Gasteiger partial charge in [0.25, 0.3) is 0 Å². The van der Waals surface area contributed by atoms with Gasteiger partial charge in [-0.3, -0.25) is 0 Å². The maximum atomic E-state index is 14.0. The summed E-state index contributed by atoms with van der Waals surface area (Å²) in [7, 11) is 0. The molecule has 2 aromatic carbocycles. The molecule has 0 spiro atoms. The first-order valence-corrected chi connectivity index (χ1v) is 7.93. The summed E-state index contributed by atoms with van der Waals surface area (Å²) in [5, 5.41) is 3.18. The number of fused-ring (bicyclic) bond motifs is 1. The molecule has 0 saturated carbocycles. The van der Waals surface area contributed by atoms with Crippen molar-refractivity contribution in [3.05, 3.63) is 63.6 Å². The highest BCUT2D eigenvalue weighted by molar-refractivity contribution is 9.10. The van der Waals surface area contributed by atoms with Gasteiger partial charge in [-0.05, 0) is 52.4 Å². The molecule has 0 heterocycles. The monoisotopic (exact) mass is 351 g/mol. The molecule has 0 aromatic heterocycles. The molecule has 0 aliphatic heterocycles. The van der Waals surface area contributed by atoms with Crippen LogP contribution in [0.2, 0.25) is 0 Å². The SMILES string of the molecule is Fc1cc(NC2CCCCc3ccccc32)c(F)cc1Br. The fourth-order valence-electron chi connectivity index (χ4n) is 2.89. The van der Waals surface area contributed by atoms with Gasteiger partial charge in [-0.25, -0.2) is 8.78 Å². The van der Waals surface area contributed by atoms with Crippen molar-refractivity contribution in [3.8, 4) is 0 Å². The van der Waals surface area contributed by atoms with E-state index in [2.05, 4.69) is 33.4 Å². The first-order chi connectivity index (χ1) is 10.1. The third-order valence-electron chi connectivity index (χ3n) is 3.96. The van der Waals surface area contributed by atoms with Crippen LogP contribution in [-0.4, -0.2) is 0 Å². The molecule has 1 aliphatic rings. The van der Waals surface area contributed by atoms with E-state index < -0.39 is 11.6 Å². The Morgan fingerprint density at radius 2 is 1.86 bits per heavy atom. The Morgan fingerprint density at radius 3 is 2.71 bits per heavy atom. The van der Waals surface area contributed by atoms with Gasteiger partial charge in [0.1, 0.15) is 11.6 Å². The van der Waals surface area contributed by atoms with Gasteiger partial charge in [0, 0.05) is 6.07 Å². The van der Waals surface area contributed by atoms with E-state index in [0.29, 0.717) is 0 Å². The van der Waals surface area contributed by atoms with Crippen molar-refractivity contribution in [3.63, 3.8) is 0 Å². The first kappa shape index (κ1) is 14.5. The molecule has 3 rings (SSSR count). The molecule has 0 bridgehead atoms. The summed E-state index contributed by atoms with van der Waals surface area (Å²) < 4.78 is 27.8. The van der Waals surface area contributed by atoms with Crippen LogP contribution in [0.5, 0.6) is 0 Å². The molecule has 1 aliphatic carbocycles. The van der Waals surface area contributed by atoms with Gasteiger partial charge in [-0.2, -0.15) is 0 Å². The summed E-state index contributed by atoms with van der Waals surface area (Å²) in [6.45, 7) is 0. The second kappa shape index (κ2) is 6.14. The zero-order valence-corrected chi connectivity index (χ0v) is 13.1. The number of halogens is 3. The minimum absolute atomic E-state index is 0.0266. The molecule has 1 N–H and O–H groups in total. The number of benzene rings is 2. The maximum absolute atomic E-state index is 14.0. The molecular weight excluding hydrogens is 336 g/mol. The second-order valence-electron chi connectivity index (χ2n) is 5.39. The van der Waals surface area contributed by atoms with E-state index in [-0.39, 0.29) is 16.2 Å². The van der Waals surface area contributed by atoms with Crippen molar-refractivity contribution in [1.29, 1.82) is 0 Å². The Labute approximate surface area is 131 Å². The van der Waals surface area contributed by atoms with E-state index in [1.165, 1.54) is 23.3 Å². The number of nitrogens with one attached hydrogen (secondary N) is 1. The average Bonchev–Trinajstić information content (AvgIpc) is 2.67. The van der Waals surface area contributed by atoms with Gasteiger partial charge in [-0.15, -0.1) is 0 Å². The van der Waals surface area contributed by atoms with Gasteiger partial charge in [0.2, 0.25) is 0 Å². The number of hydrogen-bond donors (Lipinski definition) is 1. The fraction of sp³-hybridized carbons (Fsp3) is 0.294. The largest absolute Gasteiger partial charge is 0.376 e. The van der Waals surface area contributed by atoms with Crippen molar-refractivity contribution >= 4 is 21.6 Å². The Morgan fingerprint density at radius 1 is 1.05 bits per heavy atom. The Balaban J connectivity index is 1.93. The second-order valence-corrected chi connectivity index (χ2v) is 6.24. The van der Waals surface area contributed by atoms with Crippen molar-refractivity contribution in [2.75, 3.05) is 5.32 Å². The predicted molar refractivity (Wildman–Crippen MR) is 84.4 cm³/mol. The molecular formula is C17H16BrF2N. The molecule has 2 aromatic rings. The molecule has 4 heteroatoms. The van der Waals surface area contributed by atoms with E-state index >= 15 is 0 Å². The van der Waals surface area contributed by atoms with E-state index in [0.717, 1.165) is 25.7 Å². The number of aryl methyl sites for hydroxylation is 1. The minimum atomic E-state index is -0.458. The van der Waals surface area contributed by atoms with Crippen LogP contribution in [0, 0.1) is 11.6 Å². The highest BCUT2D eigenvalue weighted by atomic mass is 79.9. The number of rotatable bonds is 2. The van der Waals surface area contributed by atoms with E-state index in [1.807, 2.05) is 12.1 Å². The van der Waals surface area contributed by atoms with Crippen LogP contribution in [0.15, 0.2) is 40.9 Å². The summed E-state index contributed by atoms with van der Waals surface area (Å²) >= 11 is 3.00. The molecule has 0 fully saturated rings. The van der Waals surface area contributed by atoms with Crippen LogP contribution >= 0.6 is 15.9 Å². The average molecular weight is 352 g/mol. The van der Waals surface area contributed by atoms with Crippen LogP contribution < -0.4 is 5.32 Å². The summed E-state index contributed by atoms with van der Waals surface area (Å²) in [6, 6.07) is 10.6. The first-order valence-electron chi connectivity index (χ1n) is 7.14. The van der Waals surface area contributed by atoms with Crippen molar-refractivity contribution in [1.82, 2.24) is 0 Å². The lowest BCUT2D eigenvalue weighted by molar-refractivity contribution is 0.588. The summed E-state index contributed by atoms with van der Waals surface area (Å²) in [4.78, 5) is 0. The molecule has 1 unspecified atom stereocenters. The number of hydrogen-bond acceptors (Lipinski definition) is 1. The summed E-state index contributed by atoms with van der Waals surface area (Å²) in [5.74, 6) is -0.897. The van der Waals surface area contributed by atoms with Crippen molar-refractivity contribution in [2.45, 2.75) is 31.7 Å². The fourth-order valence-corrected chi connectivity index (χ4v) is 3.21. The Hall–Kier alpha value is -1.42. The normalized spacial score (nSPS) is 18.0. The highest BCUT2D eigenvalue weighted by Gasteiger charge is 2.20. The van der Waals surface area contributed by atoms with Crippen molar-refractivity contribution in [2.24, 2.45) is 0 Å². The van der Waals surface area contributed by atoms with Crippen LogP contribution in [0.3, 0.4) is 0 Å². The predicted octanol–water partition coefficient (Wildman–Crippen LogP) is 5.61. The van der Waals surface area contributed by atoms with E-state index in [9.17, 15) is 8.78 Å². The molecule has 1 atom stereocenters. The lowest BCUT2D eigenvalue weighted by Gasteiger charge is -2.21. The van der Waals surface area contributed by atoms with Gasteiger partial charge in [0.05, 0.1) is 16.2 Å². The lowest BCUT2D eigenvalue weighted by atomic mass is 9.99. The quantitative estimate of drug-likeness (QED) is 0.547. The molecule has 0 saturated heterocycles. The van der Waals surface area contributed by atoms with Crippen LogP contribution in [0.4, 0.5) is 14.5 Å². The topological polar surface area (TPSA) is 12.0 Å². The van der Waals surface area contributed by atoms with Gasteiger partial charge < -0.3 is 5.32 Å². The molecule has 110 valence electrons. The van der Waals surface area contributed by atoms with E-state index in [4.69, 9.17) is 0 Å². The van der Waals surface area contributed by atoms with E-state index in [1.54, 1.807) is 0 Å². The molecule has 0 radical (unpaired) electrons. The Bertz CT molecular complexity index is 657. The molecule has 21 heavy (non-hydrogen) atoms. The minimum Gasteiger partial charge on any atom is -0.376 e. The number of anilines is 1. The van der Waals surface area contributed by atoms with Gasteiger partial charge in [0.15, 0.2) is 0 Å². The third kappa shape index (κ3) is 3.10. The van der Waals surface area contributed by atoms with Crippen molar-refractivity contribution < 1.29 is 8.78 Å². The van der Waals surface area contributed by atoms with Gasteiger partial charge >= 0.3 is 0 Å². The summed E-state index contributed by atoms with van der Waals surface area (Å²) in [6.07, 6.45) is 4.18. The van der Waals surface area contributed by atoms with Crippen LogP contribution in [0.1, 0.15) is 36.4 Å².